The minimum absolute atomic E-state index is 0.0316. The predicted molar refractivity (Wildman–Crippen MR) is 152 cm³/mol. The third kappa shape index (κ3) is 6.24. The van der Waals surface area contributed by atoms with Crippen molar-refractivity contribution in [3.05, 3.63) is 108 Å². The lowest BCUT2D eigenvalue weighted by Crippen LogP contribution is -2.25. The number of carbonyl (C=O) groups is 1. The zero-order valence-electron chi connectivity index (χ0n) is 20.7. The number of para-hydroxylation sites is 1. The van der Waals surface area contributed by atoms with Gasteiger partial charge in [0, 0.05) is 17.3 Å². The fourth-order valence-corrected chi connectivity index (χ4v) is 5.15. The first-order valence-corrected chi connectivity index (χ1v) is 13.4. The molecule has 7 heteroatoms. The molecule has 3 aromatic carbocycles. The Labute approximate surface area is 221 Å². The van der Waals surface area contributed by atoms with Crippen molar-refractivity contribution in [1.82, 2.24) is 15.1 Å². The second-order valence-electron chi connectivity index (χ2n) is 8.95. The number of thioether (sulfide) groups is 1. The molecule has 186 valence electrons. The normalized spacial score (nSPS) is 16.5. The zero-order valence-corrected chi connectivity index (χ0v) is 21.6. The van der Waals surface area contributed by atoms with Crippen molar-refractivity contribution >= 4 is 29.1 Å². The molecule has 1 aromatic heterocycles. The highest BCUT2D eigenvalue weighted by atomic mass is 32.2. The van der Waals surface area contributed by atoms with E-state index in [1.807, 2.05) is 71.5 Å². The molecule has 0 bridgehead atoms. The highest BCUT2D eigenvalue weighted by Gasteiger charge is 2.30. The molecule has 1 aliphatic rings. The first-order valence-electron chi connectivity index (χ1n) is 12.6. The van der Waals surface area contributed by atoms with Crippen molar-refractivity contribution in [2.75, 3.05) is 0 Å². The Kier molecular flexibility index (Phi) is 7.91. The van der Waals surface area contributed by atoms with E-state index in [2.05, 4.69) is 46.7 Å². The van der Waals surface area contributed by atoms with Gasteiger partial charge < -0.3 is 5.32 Å². The summed E-state index contributed by atoms with van der Waals surface area (Å²) >= 11 is 1.42. The highest BCUT2D eigenvalue weighted by molar-refractivity contribution is 8.15. The van der Waals surface area contributed by atoms with Crippen LogP contribution in [0.3, 0.4) is 0 Å². The number of amides is 1. The molecule has 0 radical (unpaired) electrons. The quantitative estimate of drug-likeness (QED) is 0.222. The van der Waals surface area contributed by atoms with Gasteiger partial charge in [-0.15, -0.1) is 5.10 Å². The molecule has 0 saturated carbocycles. The minimum atomic E-state index is -0.212. The molecule has 1 fully saturated rings. The molecule has 0 aliphatic carbocycles. The standard InChI is InChI=1S/C30H29N5OS/c1-2-3-10-22-15-17-23(18-16-22)19-27-29(36)32-30(37-27)33-31-20-25-21-35(26-13-8-5-9-14-26)34-28(25)24-11-6-4-7-12-24/h4-9,11-18,20-21,27H,2-3,10,19H2,1H3,(H,32,33,36)/b31-20+. The van der Waals surface area contributed by atoms with Crippen LogP contribution in [0.5, 0.6) is 0 Å². The topological polar surface area (TPSA) is 71.6 Å². The summed E-state index contributed by atoms with van der Waals surface area (Å²) in [6.07, 6.45) is 7.77. The molecule has 5 rings (SSSR count). The largest absolute Gasteiger partial charge is 0.303 e. The summed E-state index contributed by atoms with van der Waals surface area (Å²) in [7, 11) is 0. The number of hydrogen-bond donors (Lipinski definition) is 1. The van der Waals surface area contributed by atoms with Gasteiger partial charge in [0.2, 0.25) is 5.91 Å². The van der Waals surface area contributed by atoms with Gasteiger partial charge in [0.25, 0.3) is 0 Å². The van der Waals surface area contributed by atoms with Gasteiger partial charge in [0.15, 0.2) is 5.17 Å². The first-order chi connectivity index (χ1) is 18.2. The first kappa shape index (κ1) is 24.7. The number of rotatable bonds is 9. The van der Waals surface area contributed by atoms with Crippen molar-refractivity contribution in [3.8, 4) is 16.9 Å². The third-order valence-corrected chi connectivity index (χ3v) is 7.27. The van der Waals surface area contributed by atoms with Crippen LogP contribution in [-0.2, 0) is 17.6 Å². The van der Waals surface area contributed by atoms with Gasteiger partial charge in [0.1, 0.15) is 5.69 Å². The summed E-state index contributed by atoms with van der Waals surface area (Å²) in [5, 5.41) is 16.6. The van der Waals surface area contributed by atoms with E-state index in [0.717, 1.165) is 34.5 Å². The van der Waals surface area contributed by atoms with Gasteiger partial charge in [-0.1, -0.05) is 97.9 Å². The van der Waals surface area contributed by atoms with E-state index in [1.165, 1.54) is 30.2 Å². The molecule has 37 heavy (non-hydrogen) atoms. The lowest BCUT2D eigenvalue weighted by molar-refractivity contribution is -0.118. The van der Waals surface area contributed by atoms with E-state index >= 15 is 0 Å². The van der Waals surface area contributed by atoms with Crippen LogP contribution in [0.15, 0.2) is 101 Å². The zero-order chi connectivity index (χ0) is 25.5. The summed E-state index contributed by atoms with van der Waals surface area (Å²) in [5.74, 6) is -0.0316. The molecule has 1 unspecified atom stereocenters. The molecule has 1 aliphatic heterocycles. The summed E-state index contributed by atoms with van der Waals surface area (Å²) in [4.78, 5) is 12.6. The molecule has 1 N–H and O–H groups in total. The van der Waals surface area contributed by atoms with Crippen molar-refractivity contribution < 1.29 is 4.79 Å². The molecule has 1 saturated heterocycles. The van der Waals surface area contributed by atoms with E-state index < -0.39 is 0 Å². The number of benzene rings is 3. The fourth-order valence-electron chi connectivity index (χ4n) is 4.18. The third-order valence-electron chi connectivity index (χ3n) is 6.20. The van der Waals surface area contributed by atoms with Gasteiger partial charge in [-0.25, -0.2) is 4.68 Å². The van der Waals surface area contributed by atoms with Gasteiger partial charge >= 0.3 is 0 Å². The molecule has 6 nitrogen and oxygen atoms in total. The van der Waals surface area contributed by atoms with Crippen molar-refractivity contribution in [2.24, 2.45) is 10.2 Å². The molecule has 0 spiro atoms. The van der Waals surface area contributed by atoms with Crippen LogP contribution in [-0.4, -0.2) is 32.3 Å². The average molecular weight is 508 g/mol. The monoisotopic (exact) mass is 507 g/mol. The van der Waals surface area contributed by atoms with Crippen LogP contribution in [0.4, 0.5) is 0 Å². The fraction of sp³-hybridized carbons (Fsp3) is 0.200. The SMILES string of the molecule is CCCCc1ccc(CC2S/C(=N/N=C/c3cn(-c4ccccc4)nc3-c3ccccc3)NC2=O)cc1. The maximum Gasteiger partial charge on any atom is 0.239 e. The maximum absolute atomic E-state index is 12.6. The second-order valence-corrected chi connectivity index (χ2v) is 10.1. The summed E-state index contributed by atoms with van der Waals surface area (Å²) < 4.78 is 1.84. The van der Waals surface area contributed by atoms with Crippen LogP contribution in [0.25, 0.3) is 16.9 Å². The van der Waals surface area contributed by atoms with Crippen LogP contribution < -0.4 is 5.32 Å². The second kappa shape index (κ2) is 11.8. The maximum atomic E-state index is 12.6. The van der Waals surface area contributed by atoms with E-state index in [9.17, 15) is 4.79 Å². The molecule has 2 heterocycles. The van der Waals surface area contributed by atoms with Crippen molar-refractivity contribution in [1.29, 1.82) is 0 Å². The van der Waals surface area contributed by atoms with E-state index in [4.69, 9.17) is 5.10 Å². The Morgan fingerprint density at radius 2 is 1.68 bits per heavy atom. The molecule has 4 aromatic rings. The lowest BCUT2D eigenvalue weighted by atomic mass is 10.0. The number of hydrogen-bond acceptors (Lipinski definition) is 5. The average Bonchev–Trinajstić information content (AvgIpc) is 3.52. The summed E-state index contributed by atoms with van der Waals surface area (Å²) in [5.41, 5.74) is 6.11. The Morgan fingerprint density at radius 1 is 0.973 bits per heavy atom. The lowest BCUT2D eigenvalue weighted by Gasteiger charge is -2.06. The number of unbranched alkanes of at least 4 members (excludes halogenated alkanes) is 1. The van der Waals surface area contributed by atoms with Gasteiger partial charge in [-0.3, -0.25) is 4.79 Å². The number of carbonyl (C=O) groups excluding carboxylic acids is 1. The Balaban J connectivity index is 1.29. The van der Waals surface area contributed by atoms with Crippen LogP contribution in [0.2, 0.25) is 0 Å². The Hall–Kier alpha value is -3.97. The highest BCUT2D eigenvalue weighted by Crippen LogP contribution is 2.25. The van der Waals surface area contributed by atoms with Crippen LogP contribution in [0, 0.1) is 0 Å². The van der Waals surface area contributed by atoms with Crippen molar-refractivity contribution in [3.63, 3.8) is 0 Å². The number of aryl methyl sites for hydroxylation is 1. The minimum Gasteiger partial charge on any atom is -0.303 e. The van der Waals surface area contributed by atoms with Crippen molar-refractivity contribution in [2.45, 2.75) is 37.9 Å². The number of nitrogens with one attached hydrogen (secondary N) is 1. The smallest absolute Gasteiger partial charge is 0.239 e. The molecular weight excluding hydrogens is 478 g/mol. The predicted octanol–water partition coefficient (Wildman–Crippen LogP) is 6.05. The van der Waals surface area contributed by atoms with E-state index in [-0.39, 0.29) is 11.2 Å². The number of amidine groups is 1. The summed E-state index contributed by atoms with van der Waals surface area (Å²) in [6.45, 7) is 2.20. The molecule has 1 amide bonds. The van der Waals surface area contributed by atoms with Gasteiger partial charge in [0.05, 0.1) is 17.2 Å². The molecular formula is C30H29N5OS. The van der Waals surface area contributed by atoms with Crippen LogP contribution >= 0.6 is 11.8 Å². The van der Waals surface area contributed by atoms with E-state index in [1.54, 1.807) is 6.21 Å². The van der Waals surface area contributed by atoms with Gasteiger partial charge in [-0.05, 0) is 42.5 Å². The number of aromatic nitrogens is 2. The number of nitrogens with zero attached hydrogens (tertiary/aromatic N) is 4. The Bertz CT molecular complexity index is 1400. The molecule has 1 atom stereocenters. The Morgan fingerprint density at radius 3 is 2.41 bits per heavy atom. The summed E-state index contributed by atoms with van der Waals surface area (Å²) in [6, 6.07) is 28.5. The van der Waals surface area contributed by atoms with Crippen LogP contribution in [0.1, 0.15) is 36.5 Å². The van der Waals surface area contributed by atoms with E-state index in [0.29, 0.717) is 11.6 Å². The van der Waals surface area contributed by atoms with Gasteiger partial charge in [-0.2, -0.15) is 10.2 Å².